The molecule has 0 saturated carbocycles. The number of nitrogens with zero attached hydrogens (tertiary/aromatic N) is 2. The normalized spacial score (nSPS) is 16.8. The number of nitrogen functional groups attached to an aromatic ring is 1. The maximum absolute atomic E-state index is 13.2. The predicted octanol–water partition coefficient (Wildman–Crippen LogP) is 1.20. The molecule has 116 valence electrons. The lowest BCUT2D eigenvalue weighted by molar-refractivity contribution is 0.0759. The molecule has 0 spiro atoms. The highest BCUT2D eigenvalue weighted by atomic mass is 19.1. The van der Waals surface area contributed by atoms with E-state index in [1.165, 1.54) is 18.2 Å². The third kappa shape index (κ3) is 4.15. The Kier molecular flexibility index (Phi) is 5.52. The molecule has 1 amide bonds. The van der Waals surface area contributed by atoms with Crippen molar-refractivity contribution in [2.45, 2.75) is 6.42 Å². The van der Waals surface area contributed by atoms with Gasteiger partial charge in [-0.3, -0.25) is 9.69 Å². The van der Waals surface area contributed by atoms with Crippen molar-refractivity contribution in [1.29, 1.82) is 0 Å². The summed E-state index contributed by atoms with van der Waals surface area (Å²) in [6, 6.07) is 4.14. The first-order valence-electron chi connectivity index (χ1n) is 7.17. The van der Waals surface area contributed by atoms with E-state index in [-0.39, 0.29) is 11.6 Å². The van der Waals surface area contributed by atoms with Crippen LogP contribution in [0.15, 0.2) is 18.2 Å². The number of rotatable bonds is 4. The van der Waals surface area contributed by atoms with Crippen LogP contribution in [0.2, 0.25) is 0 Å². The molecule has 0 unspecified atom stereocenters. The van der Waals surface area contributed by atoms with Crippen molar-refractivity contribution >= 4 is 11.6 Å². The summed E-state index contributed by atoms with van der Waals surface area (Å²) in [4.78, 5) is 16.5. The number of anilines is 1. The Hall–Kier alpha value is -1.66. The van der Waals surface area contributed by atoms with E-state index in [0.717, 1.165) is 26.1 Å². The molecular weight excluding hydrogens is 273 g/mol. The predicted molar refractivity (Wildman–Crippen MR) is 79.6 cm³/mol. The first-order valence-corrected chi connectivity index (χ1v) is 7.17. The second-order valence-electron chi connectivity index (χ2n) is 5.22. The van der Waals surface area contributed by atoms with Crippen molar-refractivity contribution in [2.24, 2.45) is 0 Å². The zero-order valence-electron chi connectivity index (χ0n) is 12.3. The topological polar surface area (TPSA) is 58.8 Å². The van der Waals surface area contributed by atoms with Crippen LogP contribution in [-0.4, -0.2) is 62.1 Å². The van der Waals surface area contributed by atoms with Crippen LogP contribution in [0.25, 0.3) is 0 Å². The number of halogens is 1. The molecule has 6 heteroatoms. The smallest absolute Gasteiger partial charge is 0.253 e. The summed E-state index contributed by atoms with van der Waals surface area (Å²) in [5, 5.41) is 0. The van der Waals surface area contributed by atoms with Gasteiger partial charge in [-0.05, 0) is 31.2 Å². The summed E-state index contributed by atoms with van der Waals surface area (Å²) < 4.78 is 18.3. The lowest BCUT2D eigenvalue weighted by atomic mass is 10.1. The van der Waals surface area contributed by atoms with Gasteiger partial charge in [0, 0.05) is 38.9 Å². The number of methoxy groups -OCH3 is 1. The van der Waals surface area contributed by atoms with Crippen LogP contribution in [0.3, 0.4) is 0 Å². The number of ether oxygens (including phenoxy) is 1. The quantitative estimate of drug-likeness (QED) is 0.848. The molecule has 1 aromatic rings. The summed E-state index contributed by atoms with van der Waals surface area (Å²) in [5.74, 6) is -0.580. The Morgan fingerprint density at radius 2 is 2.14 bits per heavy atom. The molecule has 1 aromatic carbocycles. The van der Waals surface area contributed by atoms with Crippen LogP contribution in [-0.2, 0) is 4.74 Å². The van der Waals surface area contributed by atoms with Gasteiger partial charge >= 0.3 is 0 Å². The number of amides is 1. The Morgan fingerprint density at radius 3 is 2.86 bits per heavy atom. The van der Waals surface area contributed by atoms with Crippen LogP contribution < -0.4 is 5.73 Å². The number of carbonyl (C=O) groups is 1. The maximum atomic E-state index is 13.2. The molecule has 2 N–H and O–H groups in total. The van der Waals surface area contributed by atoms with E-state index < -0.39 is 5.82 Å². The van der Waals surface area contributed by atoms with E-state index in [2.05, 4.69) is 4.90 Å². The average Bonchev–Trinajstić information content (AvgIpc) is 2.73. The SMILES string of the molecule is COCCN1CCCN(C(=O)c2ccc(F)c(N)c2)CC1. The third-order valence-electron chi connectivity index (χ3n) is 3.73. The monoisotopic (exact) mass is 295 g/mol. The minimum absolute atomic E-state index is 0.0115. The van der Waals surface area contributed by atoms with Crippen molar-refractivity contribution in [3.63, 3.8) is 0 Å². The van der Waals surface area contributed by atoms with Gasteiger partial charge in [-0.1, -0.05) is 0 Å². The van der Waals surface area contributed by atoms with Crippen LogP contribution in [0.5, 0.6) is 0 Å². The second-order valence-corrected chi connectivity index (χ2v) is 5.22. The fourth-order valence-electron chi connectivity index (χ4n) is 2.48. The van der Waals surface area contributed by atoms with E-state index in [4.69, 9.17) is 10.5 Å². The molecule has 0 aliphatic carbocycles. The van der Waals surface area contributed by atoms with Crippen molar-refractivity contribution in [1.82, 2.24) is 9.80 Å². The van der Waals surface area contributed by atoms with Gasteiger partial charge in [-0.2, -0.15) is 0 Å². The fourth-order valence-corrected chi connectivity index (χ4v) is 2.48. The Labute approximate surface area is 124 Å². The lowest BCUT2D eigenvalue weighted by Gasteiger charge is -2.22. The van der Waals surface area contributed by atoms with Crippen molar-refractivity contribution in [3.05, 3.63) is 29.6 Å². The maximum Gasteiger partial charge on any atom is 0.253 e. The number of hydrogen-bond acceptors (Lipinski definition) is 4. The number of benzene rings is 1. The molecule has 2 rings (SSSR count). The minimum Gasteiger partial charge on any atom is -0.396 e. The summed E-state index contributed by atoms with van der Waals surface area (Å²) in [5.41, 5.74) is 5.98. The molecule has 0 radical (unpaired) electrons. The van der Waals surface area contributed by atoms with E-state index >= 15 is 0 Å². The Bertz CT molecular complexity index is 496. The molecule has 1 aliphatic rings. The van der Waals surface area contributed by atoms with E-state index in [1.54, 1.807) is 12.0 Å². The molecule has 1 aliphatic heterocycles. The molecule has 1 fully saturated rings. The summed E-state index contributed by atoms with van der Waals surface area (Å²) in [6.45, 7) is 4.73. The van der Waals surface area contributed by atoms with Crippen LogP contribution in [0, 0.1) is 5.82 Å². The average molecular weight is 295 g/mol. The second kappa shape index (κ2) is 7.38. The highest BCUT2D eigenvalue weighted by Gasteiger charge is 2.20. The molecule has 0 bridgehead atoms. The first kappa shape index (κ1) is 15.7. The van der Waals surface area contributed by atoms with Crippen LogP contribution in [0.4, 0.5) is 10.1 Å². The number of nitrogens with two attached hydrogens (primary N) is 1. The van der Waals surface area contributed by atoms with Crippen molar-refractivity contribution in [3.8, 4) is 0 Å². The van der Waals surface area contributed by atoms with E-state index in [1.807, 2.05) is 0 Å². The van der Waals surface area contributed by atoms with Gasteiger partial charge in [0.1, 0.15) is 5.82 Å². The summed E-state index contributed by atoms with van der Waals surface area (Å²) in [7, 11) is 1.69. The van der Waals surface area contributed by atoms with Gasteiger partial charge in [0.15, 0.2) is 0 Å². The van der Waals surface area contributed by atoms with Crippen LogP contribution >= 0.6 is 0 Å². The summed E-state index contributed by atoms with van der Waals surface area (Å²) in [6.07, 6.45) is 0.923. The molecule has 1 saturated heterocycles. The van der Waals surface area contributed by atoms with Crippen LogP contribution in [0.1, 0.15) is 16.8 Å². The molecule has 21 heavy (non-hydrogen) atoms. The van der Waals surface area contributed by atoms with Crippen molar-refractivity contribution in [2.75, 3.05) is 52.2 Å². The summed E-state index contributed by atoms with van der Waals surface area (Å²) >= 11 is 0. The number of hydrogen-bond donors (Lipinski definition) is 1. The first-order chi connectivity index (χ1) is 10.1. The standard InChI is InChI=1S/C15H22FN3O2/c1-21-10-9-18-5-2-6-19(8-7-18)15(20)12-3-4-13(16)14(17)11-12/h3-4,11H,2,5-10,17H2,1H3. The molecule has 5 nitrogen and oxygen atoms in total. The molecule has 0 atom stereocenters. The van der Waals surface area contributed by atoms with Gasteiger partial charge in [-0.25, -0.2) is 4.39 Å². The lowest BCUT2D eigenvalue weighted by Crippen LogP contribution is -2.36. The van der Waals surface area contributed by atoms with E-state index in [0.29, 0.717) is 25.3 Å². The molecular formula is C15H22FN3O2. The third-order valence-corrected chi connectivity index (χ3v) is 3.73. The largest absolute Gasteiger partial charge is 0.396 e. The highest BCUT2D eigenvalue weighted by molar-refractivity contribution is 5.95. The minimum atomic E-state index is -0.492. The fraction of sp³-hybridized carbons (Fsp3) is 0.533. The van der Waals surface area contributed by atoms with Gasteiger partial charge in [0.25, 0.3) is 5.91 Å². The Morgan fingerprint density at radius 1 is 1.33 bits per heavy atom. The van der Waals surface area contributed by atoms with E-state index in [9.17, 15) is 9.18 Å². The Balaban J connectivity index is 1.98. The van der Waals surface area contributed by atoms with Crippen molar-refractivity contribution < 1.29 is 13.9 Å². The van der Waals surface area contributed by atoms with Gasteiger partial charge in [-0.15, -0.1) is 0 Å². The zero-order valence-corrected chi connectivity index (χ0v) is 12.3. The van der Waals surface area contributed by atoms with Gasteiger partial charge < -0.3 is 15.4 Å². The highest BCUT2D eigenvalue weighted by Crippen LogP contribution is 2.15. The molecule has 1 heterocycles. The molecule has 0 aromatic heterocycles. The van der Waals surface area contributed by atoms with Gasteiger partial charge in [0.2, 0.25) is 0 Å². The number of carbonyl (C=O) groups excluding carboxylic acids is 1. The zero-order chi connectivity index (χ0) is 15.2. The van der Waals surface area contributed by atoms with Gasteiger partial charge in [0.05, 0.1) is 12.3 Å².